The van der Waals surface area contributed by atoms with Crippen molar-refractivity contribution in [3.8, 4) is 0 Å². The molecule has 41 heavy (non-hydrogen) atoms. The number of alkyl halides is 2. The Morgan fingerprint density at radius 3 is 2.46 bits per heavy atom. The van der Waals surface area contributed by atoms with Gasteiger partial charge in [-0.25, -0.2) is 8.78 Å². The monoisotopic (exact) mass is 564 g/mol. The number of hydrogen-bond donors (Lipinski definition) is 1. The minimum atomic E-state index is -2.60. The molecule has 3 nitrogen and oxygen atoms in total. The summed E-state index contributed by atoms with van der Waals surface area (Å²) >= 11 is 0. The molecule has 0 spiro atoms. The molecule has 0 saturated carbocycles. The van der Waals surface area contributed by atoms with Crippen molar-refractivity contribution in [1.82, 2.24) is 10.2 Å². The Kier molecular flexibility index (Phi) is 11.6. The Balaban J connectivity index is 1.51. The topological polar surface area (TPSA) is 32.3 Å². The number of halogens is 2. The summed E-state index contributed by atoms with van der Waals surface area (Å²) in [6.07, 6.45) is 22.6. The molecule has 224 valence electrons. The predicted octanol–water partition coefficient (Wildman–Crippen LogP) is 9.10. The maximum absolute atomic E-state index is 13.8. The van der Waals surface area contributed by atoms with Crippen molar-refractivity contribution >= 4 is 6.29 Å². The fourth-order valence-corrected chi connectivity index (χ4v) is 6.90. The smallest absolute Gasteiger partial charge is 0.248 e. The van der Waals surface area contributed by atoms with Crippen LogP contribution in [0, 0.1) is 17.8 Å². The summed E-state index contributed by atoms with van der Waals surface area (Å²) in [5.41, 5.74) is 6.63. The molecular weight excluding hydrogens is 514 g/mol. The molecule has 2 aliphatic carbocycles. The van der Waals surface area contributed by atoms with Crippen LogP contribution in [-0.2, 0) is 11.2 Å². The minimum absolute atomic E-state index is 0.293. The quantitative estimate of drug-likeness (QED) is 0.161. The maximum Gasteiger partial charge on any atom is 0.248 e. The van der Waals surface area contributed by atoms with E-state index in [0.717, 1.165) is 52.0 Å². The molecule has 1 heterocycles. The summed E-state index contributed by atoms with van der Waals surface area (Å²) in [6.45, 7) is 7.26. The Hall–Kier alpha value is -2.53. The van der Waals surface area contributed by atoms with Gasteiger partial charge in [-0.2, -0.15) is 0 Å². The van der Waals surface area contributed by atoms with E-state index in [1.807, 2.05) is 0 Å². The fraction of sp³-hybridized carbons (Fsp3) is 0.583. The molecule has 1 aromatic carbocycles. The molecule has 0 saturated heterocycles. The molecular formula is C36H50F2N2O. The van der Waals surface area contributed by atoms with Gasteiger partial charge in [0.1, 0.15) is 6.29 Å². The van der Waals surface area contributed by atoms with Crippen molar-refractivity contribution in [1.29, 1.82) is 0 Å². The highest BCUT2D eigenvalue weighted by Crippen LogP contribution is 2.45. The summed E-state index contributed by atoms with van der Waals surface area (Å²) < 4.78 is 27.7. The number of nitrogens with zero attached hydrogens (tertiary/aromatic N) is 1. The summed E-state index contributed by atoms with van der Waals surface area (Å²) in [5.74, 6) is -2.10. The first-order valence-electron chi connectivity index (χ1n) is 16.0. The number of rotatable bonds is 16. The van der Waals surface area contributed by atoms with Crippen LogP contribution >= 0.6 is 0 Å². The molecule has 0 fully saturated rings. The molecule has 0 bridgehead atoms. The van der Waals surface area contributed by atoms with Crippen molar-refractivity contribution in [3.05, 3.63) is 82.7 Å². The van der Waals surface area contributed by atoms with Gasteiger partial charge in [0.05, 0.1) is 6.04 Å². The van der Waals surface area contributed by atoms with Gasteiger partial charge in [-0.1, -0.05) is 82.0 Å². The summed E-state index contributed by atoms with van der Waals surface area (Å²) in [4.78, 5) is 13.1. The Bertz CT molecular complexity index is 1110. The summed E-state index contributed by atoms with van der Waals surface area (Å²) in [6, 6.07) is 9.47. The van der Waals surface area contributed by atoms with E-state index in [9.17, 15) is 13.6 Å². The zero-order valence-electron chi connectivity index (χ0n) is 25.4. The predicted molar refractivity (Wildman–Crippen MR) is 166 cm³/mol. The summed E-state index contributed by atoms with van der Waals surface area (Å²) in [7, 11) is 0. The largest absolute Gasteiger partial charge is 0.344 e. The number of fused-ring (bicyclic) bond motifs is 1. The highest BCUT2D eigenvalue weighted by atomic mass is 19.3. The molecule has 0 amide bonds. The second-order valence-electron chi connectivity index (χ2n) is 12.4. The highest BCUT2D eigenvalue weighted by molar-refractivity contribution is 5.49. The Morgan fingerprint density at radius 1 is 1.07 bits per heavy atom. The first-order valence-corrected chi connectivity index (χ1v) is 16.0. The van der Waals surface area contributed by atoms with Crippen LogP contribution < -0.4 is 5.32 Å². The molecule has 5 heteroatoms. The van der Waals surface area contributed by atoms with Crippen molar-refractivity contribution < 1.29 is 13.6 Å². The van der Waals surface area contributed by atoms with Gasteiger partial charge in [-0.3, -0.25) is 0 Å². The lowest BCUT2D eigenvalue weighted by molar-refractivity contribution is -0.107. The highest BCUT2D eigenvalue weighted by Gasteiger charge is 2.36. The van der Waals surface area contributed by atoms with E-state index in [-0.39, 0.29) is 0 Å². The van der Waals surface area contributed by atoms with Gasteiger partial charge in [-0.05, 0) is 86.3 Å². The normalized spacial score (nSPS) is 21.4. The van der Waals surface area contributed by atoms with Crippen molar-refractivity contribution in [3.63, 3.8) is 0 Å². The zero-order chi connectivity index (χ0) is 29.2. The third-order valence-corrected chi connectivity index (χ3v) is 9.27. The second kappa shape index (κ2) is 15.1. The van der Waals surface area contributed by atoms with E-state index < -0.39 is 11.8 Å². The number of carbonyl (C=O) groups excluding carboxylic acids is 1. The third-order valence-electron chi connectivity index (χ3n) is 9.27. The van der Waals surface area contributed by atoms with Gasteiger partial charge in [0, 0.05) is 36.7 Å². The molecule has 4 rings (SSSR count). The summed E-state index contributed by atoms with van der Waals surface area (Å²) in [5, 5.41) is 3.34. The van der Waals surface area contributed by atoms with Gasteiger partial charge < -0.3 is 15.0 Å². The fourth-order valence-electron chi connectivity index (χ4n) is 6.90. The molecule has 3 aliphatic rings. The van der Waals surface area contributed by atoms with Crippen LogP contribution in [0.5, 0.6) is 0 Å². The van der Waals surface area contributed by atoms with E-state index in [1.54, 1.807) is 0 Å². The zero-order valence-corrected chi connectivity index (χ0v) is 25.4. The first-order chi connectivity index (χ1) is 19.8. The average molecular weight is 565 g/mol. The van der Waals surface area contributed by atoms with Crippen LogP contribution in [0.15, 0.2) is 71.6 Å². The van der Waals surface area contributed by atoms with Crippen molar-refractivity contribution in [2.24, 2.45) is 17.8 Å². The lowest BCUT2D eigenvalue weighted by Crippen LogP contribution is -2.27. The van der Waals surface area contributed by atoms with Gasteiger partial charge in [0.25, 0.3) is 0 Å². The number of aldehydes is 1. The van der Waals surface area contributed by atoms with Crippen LogP contribution in [0.1, 0.15) is 102 Å². The van der Waals surface area contributed by atoms with Crippen LogP contribution in [0.2, 0.25) is 0 Å². The lowest BCUT2D eigenvalue weighted by atomic mass is 9.79. The van der Waals surface area contributed by atoms with Gasteiger partial charge in [-0.15, -0.1) is 0 Å². The number of carbonyl (C=O) groups is 1. The first kappa shape index (κ1) is 31.4. The number of benzene rings is 1. The molecule has 1 aliphatic heterocycles. The second-order valence-corrected chi connectivity index (χ2v) is 12.4. The van der Waals surface area contributed by atoms with Crippen molar-refractivity contribution in [2.45, 2.75) is 103 Å². The minimum Gasteiger partial charge on any atom is -0.344 e. The van der Waals surface area contributed by atoms with Gasteiger partial charge >= 0.3 is 0 Å². The average Bonchev–Trinajstić information content (AvgIpc) is 3.39. The SMILES string of the molecule is CCCC(CCC)CC(c1ccc(CCNCCC=O)cc1)N1C=CC2CC(C3=CCC(C(C)(F)F)CC3)=CC=C21. The molecule has 0 radical (unpaired) electrons. The van der Waals surface area contributed by atoms with Crippen LogP contribution in [0.4, 0.5) is 8.78 Å². The molecule has 1 N–H and O–H groups in total. The lowest BCUT2D eigenvalue weighted by Gasteiger charge is -2.36. The molecule has 0 aromatic heterocycles. The van der Waals surface area contributed by atoms with Gasteiger partial charge in [0.15, 0.2) is 0 Å². The Morgan fingerprint density at radius 2 is 1.83 bits per heavy atom. The standard InChI is InChI=1S/C36H50F2N2O/c1-4-7-28(8-5-2)25-35(30-11-9-27(10-12-30)19-22-39-21-6-24-41)40-23-20-32-26-31(15-18-34(32)40)29-13-16-33(17-14-29)36(3,37)38/h9-13,15,18,20,23-24,28,32-33,35,39H,4-8,14,16-17,19,21-22,25-26H2,1-3H3. The third kappa shape index (κ3) is 8.50. The van der Waals surface area contributed by atoms with Crippen LogP contribution in [0.3, 0.4) is 0 Å². The molecule has 3 unspecified atom stereocenters. The van der Waals surface area contributed by atoms with E-state index in [4.69, 9.17) is 0 Å². The number of nitrogens with one attached hydrogen (secondary N) is 1. The van der Waals surface area contributed by atoms with E-state index in [1.165, 1.54) is 53.7 Å². The Labute approximate surface area is 246 Å². The maximum atomic E-state index is 13.8. The number of hydrogen-bond acceptors (Lipinski definition) is 3. The molecule has 3 atom stereocenters. The van der Waals surface area contributed by atoms with Gasteiger partial charge in [0.2, 0.25) is 5.92 Å². The molecule has 1 aromatic rings. The van der Waals surface area contributed by atoms with E-state index >= 15 is 0 Å². The van der Waals surface area contributed by atoms with E-state index in [0.29, 0.717) is 37.1 Å². The van der Waals surface area contributed by atoms with E-state index in [2.05, 4.69) is 78.8 Å². The van der Waals surface area contributed by atoms with Crippen LogP contribution in [0.25, 0.3) is 0 Å². The number of allylic oxidation sites excluding steroid dienone is 6. The van der Waals surface area contributed by atoms with Crippen molar-refractivity contribution in [2.75, 3.05) is 13.1 Å². The van der Waals surface area contributed by atoms with Crippen LogP contribution in [-0.4, -0.2) is 30.2 Å².